The van der Waals surface area contributed by atoms with Crippen molar-refractivity contribution in [2.45, 2.75) is 20.8 Å². The molecule has 0 atom stereocenters. The van der Waals surface area contributed by atoms with Gasteiger partial charge in [-0.15, -0.1) is 0 Å². The number of carbonyl (C=O) groups is 3. The van der Waals surface area contributed by atoms with Gasteiger partial charge in [0.2, 0.25) is 5.91 Å². The van der Waals surface area contributed by atoms with Crippen molar-refractivity contribution in [3.63, 3.8) is 0 Å². The molecule has 0 aliphatic carbocycles. The van der Waals surface area contributed by atoms with E-state index in [1.807, 2.05) is 0 Å². The van der Waals surface area contributed by atoms with Gasteiger partial charge in [0, 0.05) is 5.41 Å². The maximum atomic E-state index is 12.0. The summed E-state index contributed by atoms with van der Waals surface area (Å²) in [6, 6.07) is 6.50. The Morgan fingerprint density at radius 2 is 1.50 bits per heavy atom. The van der Waals surface area contributed by atoms with Gasteiger partial charge in [-0.05, 0) is 12.1 Å². The Morgan fingerprint density at radius 1 is 1.06 bits per heavy atom. The molecule has 94 valence electrons. The lowest BCUT2D eigenvalue weighted by Crippen LogP contribution is -2.49. The normalized spacial score (nSPS) is 14.7. The molecule has 0 saturated carbocycles. The standard InChI is InChI=1S/C13H14N2O3/c1-13(2,3)12(18)14-15-10(16)8-6-4-5-7-9(8)11(15)17/h4-7H,1-3H3,(H,14,18)/i15+1. The molecule has 1 aliphatic heterocycles. The lowest BCUT2D eigenvalue weighted by molar-refractivity contribution is -0.131. The Bertz CT molecular complexity index is 508. The first-order valence-electron chi connectivity index (χ1n) is 5.61. The fourth-order valence-electron chi connectivity index (χ4n) is 1.56. The van der Waals surface area contributed by atoms with Gasteiger partial charge >= 0.3 is 0 Å². The van der Waals surface area contributed by atoms with Gasteiger partial charge in [0.15, 0.2) is 0 Å². The Kier molecular flexibility index (Phi) is 2.69. The third-order valence-electron chi connectivity index (χ3n) is 2.69. The van der Waals surface area contributed by atoms with Crippen LogP contribution in [-0.4, -0.2) is 22.7 Å². The van der Waals surface area contributed by atoms with Gasteiger partial charge in [0.05, 0.1) is 11.1 Å². The van der Waals surface area contributed by atoms with E-state index in [-0.39, 0.29) is 5.91 Å². The van der Waals surface area contributed by atoms with Crippen LogP contribution >= 0.6 is 0 Å². The molecule has 1 aromatic carbocycles. The summed E-state index contributed by atoms with van der Waals surface area (Å²) < 4.78 is 0. The van der Waals surface area contributed by atoms with Crippen molar-refractivity contribution in [1.82, 2.24) is 10.4 Å². The number of hydrogen-bond acceptors (Lipinski definition) is 3. The predicted octanol–water partition coefficient (Wildman–Crippen LogP) is 1.36. The molecule has 0 fully saturated rings. The number of carbonyl (C=O) groups excluding carboxylic acids is 3. The minimum Gasteiger partial charge on any atom is -0.273 e. The van der Waals surface area contributed by atoms with E-state index in [2.05, 4.69) is 5.43 Å². The molecule has 0 radical (unpaired) electrons. The van der Waals surface area contributed by atoms with Gasteiger partial charge in [-0.25, -0.2) is 0 Å². The van der Waals surface area contributed by atoms with Crippen LogP contribution in [0.3, 0.4) is 0 Å². The van der Waals surface area contributed by atoms with Gasteiger partial charge in [-0.2, -0.15) is 5.01 Å². The minimum atomic E-state index is -0.671. The first kappa shape index (κ1) is 12.3. The molecule has 5 nitrogen and oxygen atoms in total. The maximum Gasteiger partial charge on any atom is 0.280 e. The average molecular weight is 247 g/mol. The largest absolute Gasteiger partial charge is 0.280 e. The van der Waals surface area contributed by atoms with E-state index in [4.69, 9.17) is 0 Å². The second-order valence-corrected chi connectivity index (χ2v) is 5.18. The highest BCUT2D eigenvalue weighted by Crippen LogP contribution is 2.22. The number of imide groups is 1. The van der Waals surface area contributed by atoms with E-state index in [1.165, 1.54) is 0 Å². The van der Waals surface area contributed by atoms with Crippen molar-refractivity contribution >= 4 is 17.7 Å². The molecule has 0 bridgehead atoms. The van der Waals surface area contributed by atoms with Crippen molar-refractivity contribution in [3.8, 4) is 0 Å². The van der Waals surface area contributed by atoms with E-state index in [0.29, 0.717) is 11.1 Å². The number of hydrazine groups is 1. The number of hydrogen-bond donors (Lipinski definition) is 1. The zero-order valence-electron chi connectivity index (χ0n) is 10.5. The van der Waals surface area contributed by atoms with Gasteiger partial charge < -0.3 is 0 Å². The van der Waals surface area contributed by atoms with Crippen LogP contribution in [0, 0.1) is 5.41 Å². The number of nitrogens with zero attached hydrogens (tertiary/aromatic N) is 1. The summed E-state index contributed by atoms with van der Waals surface area (Å²) in [7, 11) is 0. The van der Waals surface area contributed by atoms with Crippen molar-refractivity contribution in [1.29, 1.82) is 0 Å². The molecule has 1 heterocycles. The van der Waals surface area contributed by atoms with E-state index >= 15 is 0 Å². The smallest absolute Gasteiger partial charge is 0.273 e. The zero-order chi connectivity index (χ0) is 13.5. The molecule has 0 saturated heterocycles. The highest BCUT2D eigenvalue weighted by atomic mass is 16.3. The van der Waals surface area contributed by atoms with Crippen molar-refractivity contribution in [2.24, 2.45) is 5.41 Å². The quantitative estimate of drug-likeness (QED) is 0.602. The van der Waals surface area contributed by atoms with Gasteiger partial charge in [0.25, 0.3) is 11.8 Å². The molecular formula is C13H14N2O3. The molecule has 0 aromatic heterocycles. The molecule has 18 heavy (non-hydrogen) atoms. The van der Waals surface area contributed by atoms with Crippen molar-refractivity contribution in [3.05, 3.63) is 35.4 Å². The van der Waals surface area contributed by atoms with Crippen LogP contribution in [0.5, 0.6) is 0 Å². The lowest BCUT2D eigenvalue weighted by Gasteiger charge is -2.22. The first-order chi connectivity index (χ1) is 8.32. The maximum absolute atomic E-state index is 12.0. The van der Waals surface area contributed by atoms with Crippen LogP contribution in [0.4, 0.5) is 0 Å². The molecule has 1 aliphatic rings. The molecule has 2 rings (SSSR count). The topological polar surface area (TPSA) is 66.5 Å². The summed E-state index contributed by atoms with van der Waals surface area (Å²) in [6.07, 6.45) is 0. The van der Waals surface area contributed by atoms with Crippen molar-refractivity contribution in [2.75, 3.05) is 0 Å². The molecular weight excluding hydrogens is 233 g/mol. The number of amides is 3. The predicted molar refractivity (Wildman–Crippen MR) is 64.5 cm³/mol. The van der Waals surface area contributed by atoms with Crippen LogP contribution in [-0.2, 0) is 4.79 Å². The van der Waals surface area contributed by atoms with Crippen LogP contribution in [0.25, 0.3) is 0 Å². The van der Waals surface area contributed by atoms with Crippen LogP contribution in [0.15, 0.2) is 24.3 Å². The van der Waals surface area contributed by atoms with Crippen LogP contribution < -0.4 is 5.43 Å². The molecule has 1 aromatic rings. The number of fused-ring (bicyclic) bond motifs is 1. The molecule has 1 N–H and O–H groups in total. The third kappa shape index (κ3) is 1.88. The minimum absolute atomic E-state index is 0.316. The van der Waals surface area contributed by atoms with Gasteiger partial charge in [0.1, 0.15) is 0 Å². The Morgan fingerprint density at radius 3 is 1.89 bits per heavy atom. The van der Waals surface area contributed by atoms with E-state index < -0.39 is 17.2 Å². The highest BCUT2D eigenvalue weighted by Gasteiger charge is 2.38. The first-order valence-corrected chi connectivity index (χ1v) is 5.61. The Labute approximate surface area is 105 Å². The van der Waals surface area contributed by atoms with Gasteiger partial charge in [-0.3, -0.25) is 19.8 Å². The summed E-state index contributed by atoms with van der Waals surface area (Å²) in [4.78, 5) is 35.7. The molecule has 3 amide bonds. The Balaban J connectivity index is 2.27. The number of nitrogens with one attached hydrogen (secondary N) is 1. The van der Waals surface area contributed by atoms with Crippen LogP contribution in [0.1, 0.15) is 41.5 Å². The van der Waals surface area contributed by atoms with Crippen molar-refractivity contribution < 1.29 is 14.4 Å². The zero-order valence-corrected chi connectivity index (χ0v) is 10.5. The SMILES string of the molecule is CC(C)(C)C(=O)N[15N]1C(=O)c2ccccc2C1=O. The Hall–Kier alpha value is -2.17. The summed E-state index contributed by atoms with van der Waals surface area (Å²) in [5.41, 5.74) is 2.32. The summed E-state index contributed by atoms with van der Waals surface area (Å²) in [5.74, 6) is -1.36. The van der Waals surface area contributed by atoms with Gasteiger partial charge in [-0.1, -0.05) is 32.9 Å². The molecule has 0 unspecified atom stereocenters. The molecule has 5 heteroatoms. The lowest BCUT2D eigenvalue weighted by atomic mass is 9.96. The van der Waals surface area contributed by atoms with E-state index in [9.17, 15) is 14.4 Å². The number of rotatable bonds is 1. The summed E-state index contributed by atoms with van der Waals surface area (Å²) in [5, 5.41) is 0.776. The second kappa shape index (κ2) is 3.94. The van der Waals surface area contributed by atoms with E-state index in [0.717, 1.165) is 5.01 Å². The summed E-state index contributed by atoms with van der Waals surface area (Å²) in [6.45, 7) is 5.13. The fraction of sp³-hybridized carbons (Fsp3) is 0.308. The molecule has 0 spiro atoms. The van der Waals surface area contributed by atoms with Crippen LogP contribution in [0.2, 0.25) is 0 Å². The summed E-state index contributed by atoms with van der Waals surface area (Å²) >= 11 is 0. The highest BCUT2D eigenvalue weighted by molar-refractivity contribution is 6.21. The monoisotopic (exact) mass is 247 g/mol. The third-order valence-corrected chi connectivity index (χ3v) is 2.69. The van der Waals surface area contributed by atoms with E-state index in [1.54, 1.807) is 45.0 Å². The fourth-order valence-corrected chi connectivity index (χ4v) is 1.56. The average Bonchev–Trinajstić information content (AvgIpc) is 2.54. The number of benzene rings is 1. The second-order valence-electron chi connectivity index (χ2n) is 5.18.